The first-order chi connectivity index (χ1) is 10.9. The highest BCUT2D eigenvalue weighted by Crippen LogP contribution is 2.33. The molecule has 1 aliphatic carbocycles. The SMILES string of the molecule is Nc1c(F)cc(F)cc1OC1=C(Cl)C(=O)c2ccccc2C1=O. The van der Waals surface area contributed by atoms with Gasteiger partial charge in [0.05, 0.1) is 0 Å². The van der Waals surface area contributed by atoms with E-state index in [0.29, 0.717) is 6.07 Å². The van der Waals surface area contributed by atoms with Crippen LogP contribution in [0, 0.1) is 11.6 Å². The van der Waals surface area contributed by atoms with E-state index in [4.69, 9.17) is 22.1 Å². The molecule has 2 aromatic carbocycles. The monoisotopic (exact) mass is 335 g/mol. The van der Waals surface area contributed by atoms with Crippen LogP contribution in [0.3, 0.4) is 0 Å². The summed E-state index contributed by atoms with van der Waals surface area (Å²) in [6, 6.07) is 7.40. The van der Waals surface area contributed by atoms with Gasteiger partial charge in [-0.3, -0.25) is 9.59 Å². The molecule has 23 heavy (non-hydrogen) atoms. The zero-order valence-corrected chi connectivity index (χ0v) is 12.2. The van der Waals surface area contributed by atoms with E-state index in [2.05, 4.69) is 0 Å². The van der Waals surface area contributed by atoms with Crippen molar-refractivity contribution < 1.29 is 23.1 Å². The van der Waals surface area contributed by atoms with Gasteiger partial charge in [0.15, 0.2) is 17.3 Å². The number of fused-ring (bicyclic) bond motifs is 1. The summed E-state index contributed by atoms with van der Waals surface area (Å²) in [5, 5.41) is -0.474. The second kappa shape index (κ2) is 5.48. The van der Waals surface area contributed by atoms with Gasteiger partial charge in [0, 0.05) is 23.3 Å². The van der Waals surface area contributed by atoms with Crippen LogP contribution in [0.4, 0.5) is 14.5 Å². The summed E-state index contributed by atoms with van der Waals surface area (Å²) >= 11 is 5.89. The lowest BCUT2D eigenvalue weighted by atomic mass is 9.93. The smallest absolute Gasteiger partial charge is 0.230 e. The molecule has 116 valence electrons. The van der Waals surface area contributed by atoms with Gasteiger partial charge in [-0.2, -0.15) is 0 Å². The molecule has 0 amide bonds. The van der Waals surface area contributed by atoms with Gasteiger partial charge >= 0.3 is 0 Å². The predicted molar refractivity (Wildman–Crippen MR) is 79.4 cm³/mol. The fourth-order valence-corrected chi connectivity index (χ4v) is 2.40. The minimum Gasteiger partial charge on any atom is -0.449 e. The maximum Gasteiger partial charge on any atom is 0.230 e. The van der Waals surface area contributed by atoms with Gasteiger partial charge in [0.25, 0.3) is 0 Å². The van der Waals surface area contributed by atoms with E-state index in [-0.39, 0.29) is 11.1 Å². The number of halogens is 3. The highest BCUT2D eigenvalue weighted by molar-refractivity contribution is 6.49. The number of anilines is 1. The van der Waals surface area contributed by atoms with Crippen LogP contribution in [-0.4, -0.2) is 11.6 Å². The molecule has 0 heterocycles. The standard InChI is InChI=1S/C16H8ClF2NO3/c17-12-14(21)8-3-1-2-4-9(8)15(22)16(12)23-11-6-7(18)5-10(19)13(11)20/h1-6H,20H2. The van der Waals surface area contributed by atoms with Crippen LogP contribution in [-0.2, 0) is 0 Å². The maximum atomic E-state index is 13.5. The molecule has 2 N–H and O–H groups in total. The number of rotatable bonds is 2. The van der Waals surface area contributed by atoms with Crippen LogP contribution in [0.25, 0.3) is 0 Å². The number of Topliss-reactive ketones (excluding diaryl/α,β-unsaturated/α-hetero) is 2. The van der Waals surface area contributed by atoms with Gasteiger partial charge in [-0.15, -0.1) is 0 Å². The first kappa shape index (κ1) is 15.2. The van der Waals surface area contributed by atoms with Crippen molar-refractivity contribution >= 4 is 28.9 Å². The Hall–Kier alpha value is -2.73. The Morgan fingerprint density at radius 1 is 1.00 bits per heavy atom. The number of carbonyl (C=O) groups is 2. The zero-order chi connectivity index (χ0) is 16.7. The largest absolute Gasteiger partial charge is 0.449 e. The molecule has 3 rings (SSSR count). The van der Waals surface area contributed by atoms with Gasteiger partial charge in [-0.1, -0.05) is 35.9 Å². The summed E-state index contributed by atoms with van der Waals surface area (Å²) in [6.07, 6.45) is 0. The molecule has 4 nitrogen and oxygen atoms in total. The minimum absolute atomic E-state index is 0.0901. The summed E-state index contributed by atoms with van der Waals surface area (Å²) in [5.41, 5.74) is 5.19. The van der Waals surface area contributed by atoms with Crippen LogP contribution >= 0.6 is 11.6 Å². The molecule has 0 saturated carbocycles. The molecule has 7 heteroatoms. The third kappa shape index (κ3) is 2.47. The van der Waals surface area contributed by atoms with Crippen LogP contribution in [0.5, 0.6) is 5.75 Å². The number of allylic oxidation sites excluding steroid dienone is 2. The van der Waals surface area contributed by atoms with Crippen molar-refractivity contribution in [2.24, 2.45) is 0 Å². The molecule has 1 aliphatic rings. The van der Waals surface area contributed by atoms with Gasteiger partial charge in [-0.05, 0) is 0 Å². The number of benzene rings is 2. The van der Waals surface area contributed by atoms with E-state index in [1.54, 1.807) is 12.1 Å². The van der Waals surface area contributed by atoms with Crippen molar-refractivity contribution in [1.29, 1.82) is 0 Å². The second-order valence-electron chi connectivity index (χ2n) is 4.75. The first-order valence-electron chi connectivity index (χ1n) is 6.40. The first-order valence-corrected chi connectivity index (χ1v) is 6.78. The number of hydrogen-bond donors (Lipinski definition) is 1. The lowest BCUT2D eigenvalue weighted by Crippen LogP contribution is -2.23. The number of nitrogen functional groups attached to an aromatic ring is 1. The van der Waals surface area contributed by atoms with Crippen molar-refractivity contribution in [3.05, 3.63) is 70.0 Å². The summed E-state index contributed by atoms with van der Waals surface area (Å²) in [5.74, 6) is -4.24. The van der Waals surface area contributed by atoms with E-state index in [1.807, 2.05) is 0 Å². The molecular formula is C16H8ClF2NO3. The lowest BCUT2D eigenvalue weighted by molar-refractivity contribution is 0.0943. The van der Waals surface area contributed by atoms with E-state index in [0.717, 1.165) is 6.07 Å². The van der Waals surface area contributed by atoms with Crippen molar-refractivity contribution in [2.45, 2.75) is 0 Å². The third-order valence-corrected chi connectivity index (χ3v) is 3.63. The molecule has 0 radical (unpaired) electrons. The summed E-state index contributed by atoms with van der Waals surface area (Å²) in [7, 11) is 0. The van der Waals surface area contributed by atoms with E-state index < -0.39 is 45.4 Å². The number of carbonyl (C=O) groups excluding carboxylic acids is 2. The Morgan fingerprint density at radius 3 is 2.26 bits per heavy atom. The predicted octanol–water partition coefficient (Wildman–Crippen LogP) is 3.46. The van der Waals surface area contributed by atoms with E-state index in [9.17, 15) is 18.4 Å². The molecule has 0 aromatic heterocycles. The van der Waals surface area contributed by atoms with Crippen molar-refractivity contribution in [1.82, 2.24) is 0 Å². The number of hydrogen-bond acceptors (Lipinski definition) is 4. The highest BCUT2D eigenvalue weighted by Gasteiger charge is 2.33. The summed E-state index contributed by atoms with van der Waals surface area (Å²) < 4.78 is 31.9. The van der Waals surface area contributed by atoms with Crippen molar-refractivity contribution in [3.8, 4) is 5.75 Å². The lowest BCUT2D eigenvalue weighted by Gasteiger charge is -2.18. The second-order valence-corrected chi connectivity index (χ2v) is 5.13. The van der Waals surface area contributed by atoms with Gasteiger partial charge in [0.1, 0.15) is 16.5 Å². The topological polar surface area (TPSA) is 69.4 Å². The van der Waals surface area contributed by atoms with Crippen molar-refractivity contribution in [2.75, 3.05) is 5.73 Å². The van der Waals surface area contributed by atoms with Crippen LogP contribution < -0.4 is 10.5 Å². The minimum atomic E-state index is -1.05. The number of ketones is 2. The molecule has 0 spiro atoms. The molecule has 0 bridgehead atoms. The van der Waals surface area contributed by atoms with E-state index in [1.165, 1.54) is 12.1 Å². The highest BCUT2D eigenvalue weighted by atomic mass is 35.5. The van der Waals surface area contributed by atoms with Gasteiger partial charge < -0.3 is 10.5 Å². The quantitative estimate of drug-likeness (QED) is 0.853. The maximum absolute atomic E-state index is 13.5. The molecule has 0 fully saturated rings. The Labute approximate surface area is 134 Å². The number of ether oxygens (including phenoxy) is 1. The fraction of sp³-hybridized carbons (Fsp3) is 0. The Kier molecular flexibility index (Phi) is 3.61. The van der Waals surface area contributed by atoms with Crippen LogP contribution in [0.1, 0.15) is 20.7 Å². The van der Waals surface area contributed by atoms with E-state index >= 15 is 0 Å². The molecule has 2 aromatic rings. The molecule has 0 atom stereocenters. The fourth-order valence-electron chi connectivity index (χ4n) is 2.17. The Balaban J connectivity index is 2.09. The molecule has 0 saturated heterocycles. The number of nitrogens with two attached hydrogens (primary N) is 1. The average Bonchev–Trinajstić information content (AvgIpc) is 2.53. The van der Waals surface area contributed by atoms with Crippen LogP contribution in [0.2, 0.25) is 0 Å². The summed E-state index contributed by atoms with van der Waals surface area (Å²) in [6.45, 7) is 0. The molecular weight excluding hydrogens is 328 g/mol. The van der Waals surface area contributed by atoms with Gasteiger partial charge in [-0.25, -0.2) is 8.78 Å². The zero-order valence-electron chi connectivity index (χ0n) is 11.4. The third-order valence-electron chi connectivity index (χ3n) is 3.29. The molecule has 0 unspecified atom stereocenters. The van der Waals surface area contributed by atoms with Crippen LogP contribution in [0.15, 0.2) is 47.2 Å². The van der Waals surface area contributed by atoms with Crippen molar-refractivity contribution in [3.63, 3.8) is 0 Å². The Bertz CT molecular complexity index is 893. The Morgan fingerprint density at radius 2 is 1.61 bits per heavy atom. The normalized spacial score (nSPS) is 14.0. The van der Waals surface area contributed by atoms with Gasteiger partial charge in [0.2, 0.25) is 11.6 Å². The molecule has 0 aliphatic heterocycles. The summed E-state index contributed by atoms with van der Waals surface area (Å²) in [4.78, 5) is 24.6. The average molecular weight is 336 g/mol.